The minimum Gasteiger partial charge on any atom is -0.411 e. The van der Waals surface area contributed by atoms with E-state index >= 15 is 0 Å². The Morgan fingerprint density at radius 2 is 0.944 bits per heavy atom. The van der Waals surface area contributed by atoms with Gasteiger partial charge in [-0.25, -0.2) is 30.1 Å². The highest BCUT2D eigenvalue weighted by Gasteiger charge is 2.00. The standard InChI is InChI=1S/C3H7NO.2C3H6O.CH4.Al.3ClH/c1-3(2)4-5;2*1-3(2)4;;;;;/h5H,1-2H3;2*1-2H3;1H4;;3*1H/q;;;;+3;;;/p-3. The molecular weight excluding hydrogens is 315 g/mol. The van der Waals surface area contributed by atoms with Gasteiger partial charge in [0.25, 0.3) is 0 Å². The van der Waals surface area contributed by atoms with Crippen LogP contribution in [-0.2, 0) is 9.59 Å². The van der Waals surface area contributed by atoms with E-state index in [4.69, 9.17) is 35.4 Å². The molecule has 0 saturated heterocycles. The molecule has 0 spiro atoms. The SMILES string of the molecule is C.CC(C)=NO.CC(C)=O.CC(C)=O.[Cl][Al]([Cl])[Cl]. The average Bonchev–Trinajstić information content (AvgIpc) is 2.00. The van der Waals surface area contributed by atoms with Crippen molar-refractivity contribution in [2.24, 2.45) is 5.16 Å². The Hall–Kier alpha value is 0.212. The Bertz CT molecular complexity index is 198. The molecule has 0 aliphatic carbocycles. The predicted molar refractivity (Wildman–Crippen MR) is 83.3 cm³/mol. The maximum absolute atomic E-state index is 9.44. The first-order valence-corrected chi connectivity index (χ1v) is 9.72. The molecule has 0 aliphatic rings. The summed E-state index contributed by atoms with van der Waals surface area (Å²) < 4.78 is 0. The van der Waals surface area contributed by atoms with Crippen LogP contribution < -0.4 is 0 Å². The maximum atomic E-state index is 9.44. The molecule has 1 N–H and O–H groups in total. The highest BCUT2D eigenvalue weighted by atomic mass is 35.8. The van der Waals surface area contributed by atoms with Gasteiger partial charge in [0.05, 0.1) is 5.71 Å². The van der Waals surface area contributed by atoms with Crippen LogP contribution >= 0.6 is 30.1 Å². The van der Waals surface area contributed by atoms with E-state index in [1.165, 1.54) is 27.7 Å². The lowest BCUT2D eigenvalue weighted by molar-refractivity contribution is -0.115. The van der Waals surface area contributed by atoms with E-state index < -0.39 is 11.4 Å². The molecule has 0 rings (SSSR count). The van der Waals surface area contributed by atoms with Gasteiger partial charge in [-0.05, 0) is 41.5 Å². The molecule has 0 radical (unpaired) electrons. The van der Waals surface area contributed by atoms with E-state index in [1.54, 1.807) is 13.8 Å². The van der Waals surface area contributed by atoms with Crippen LogP contribution in [-0.4, -0.2) is 33.9 Å². The molecule has 0 fully saturated rings. The van der Waals surface area contributed by atoms with Gasteiger partial charge >= 0.3 is 11.4 Å². The summed E-state index contributed by atoms with van der Waals surface area (Å²) in [6, 6.07) is 0. The molecule has 0 atom stereocenters. The lowest BCUT2D eigenvalue weighted by Gasteiger charge is -1.72. The summed E-state index contributed by atoms with van der Waals surface area (Å²) in [5, 5.41) is 10.5. The number of carbonyl (C=O) groups excluding carboxylic acids is 2. The molecule has 18 heavy (non-hydrogen) atoms. The fourth-order valence-electron chi connectivity index (χ4n) is 0. The lowest BCUT2D eigenvalue weighted by atomic mass is 10.5. The van der Waals surface area contributed by atoms with Crippen molar-refractivity contribution in [3.63, 3.8) is 0 Å². The van der Waals surface area contributed by atoms with E-state index in [0.717, 1.165) is 0 Å². The maximum Gasteiger partial charge on any atom is 0.643 e. The zero-order valence-corrected chi connectivity index (χ0v) is 14.3. The smallest absolute Gasteiger partial charge is 0.411 e. The first-order chi connectivity index (χ1) is 7.47. The van der Waals surface area contributed by atoms with Crippen LogP contribution in [0.4, 0.5) is 0 Å². The molecule has 0 heterocycles. The van der Waals surface area contributed by atoms with Gasteiger partial charge in [0.2, 0.25) is 0 Å². The third kappa shape index (κ3) is 766. The second-order valence-electron chi connectivity index (χ2n) is 3.11. The normalized spacial score (nSPS) is 6.28. The zero-order valence-electron chi connectivity index (χ0n) is 10.9. The number of rotatable bonds is 0. The van der Waals surface area contributed by atoms with Crippen molar-refractivity contribution in [2.75, 3.05) is 0 Å². The summed E-state index contributed by atoms with van der Waals surface area (Å²) in [6.45, 7) is 9.56. The van der Waals surface area contributed by atoms with Gasteiger partial charge in [-0.1, -0.05) is 12.6 Å². The van der Waals surface area contributed by atoms with E-state index in [-0.39, 0.29) is 19.0 Å². The van der Waals surface area contributed by atoms with Gasteiger partial charge in [-0.3, -0.25) is 0 Å². The number of Topliss-reactive ketones (excluding diaryl/α,β-unsaturated/α-hetero) is 2. The molecule has 0 aromatic heterocycles. The van der Waals surface area contributed by atoms with Crippen molar-refractivity contribution < 1.29 is 14.8 Å². The second kappa shape index (κ2) is 25.9. The molecule has 8 heteroatoms. The van der Waals surface area contributed by atoms with Gasteiger partial charge in [0.1, 0.15) is 11.6 Å². The van der Waals surface area contributed by atoms with Gasteiger partial charge < -0.3 is 14.8 Å². The Balaban J connectivity index is -0.0000000412. The fraction of sp³-hybridized carbons (Fsp3) is 0.700. The summed E-state index contributed by atoms with van der Waals surface area (Å²) in [5.74, 6) is 0.333. The first kappa shape index (κ1) is 30.9. The molecule has 0 amide bonds. The van der Waals surface area contributed by atoms with Crippen LogP contribution in [0, 0.1) is 0 Å². The average molecular weight is 339 g/mol. The van der Waals surface area contributed by atoms with Gasteiger partial charge in [-0.15, -0.1) is 0 Å². The van der Waals surface area contributed by atoms with E-state index in [2.05, 4.69) is 5.16 Å². The monoisotopic (exact) mass is 337 g/mol. The highest BCUT2D eigenvalue weighted by Crippen LogP contribution is 1.97. The number of hydrogen-bond donors (Lipinski definition) is 1. The van der Waals surface area contributed by atoms with Crippen molar-refractivity contribution in [3.8, 4) is 0 Å². The Labute approximate surface area is 127 Å². The fourth-order valence-corrected chi connectivity index (χ4v) is 0. The summed E-state index contributed by atoms with van der Waals surface area (Å²) in [7, 11) is 14.8. The van der Waals surface area contributed by atoms with Crippen molar-refractivity contribution in [2.45, 2.75) is 49.0 Å². The largest absolute Gasteiger partial charge is 0.643 e. The van der Waals surface area contributed by atoms with E-state index in [1.807, 2.05) is 0 Å². The molecule has 0 aromatic carbocycles. The third-order valence-corrected chi connectivity index (χ3v) is 0.200. The zero-order chi connectivity index (χ0) is 15.0. The third-order valence-electron chi connectivity index (χ3n) is 0.200. The topological polar surface area (TPSA) is 66.7 Å². The first-order valence-electron chi connectivity index (χ1n) is 4.49. The van der Waals surface area contributed by atoms with Crippen LogP contribution in [0.25, 0.3) is 0 Å². The predicted octanol–water partition coefficient (Wildman–Crippen LogP) is 4.37. The number of oxime groups is 1. The molecule has 4 nitrogen and oxygen atoms in total. The Morgan fingerprint density at radius 1 is 0.889 bits per heavy atom. The number of nitrogens with zero attached hydrogens (tertiary/aromatic N) is 1. The van der Waals surface area contributed by atoms with Gasteiger partial charge in [0.15, 0.2) is 0 Å². The number of hydrogen-bond acceptors (Lipinski definition) is 4. The van der Waals surface area contributed by atoms with Crippen LogP contribution in [0.15, 0.2) is 5.16 Å². The minimum absolute atomic E-state index is 0. The molecule has 110 valence electrons. The molecule has 0 unspecified atom stereocenters. The number of carbonyl (C=O) groups is 2. The summed E-state index contributed by atoms with van der Waals surface area (Å²) >= 11 is -1.72. The molecular formula is C10H23AlCl3NO3. The molecule has 0 aromatic rings. The Morgan fingerprint density at radius 3 is 0.944 bits per heavy atom. The van der Waals surface area contributed by atoms with Gasteiger partial charge in [-0.2, -0.15) is 0 Å². The van der Waals surface area contributed by atoms with E-state index in [0.29, 0.717) is 5.71 Å². The van der Waals surface area contributed by atoms with Crippen LogP contribution in [0.1, 0.15) is 49.0 Å². The summed E-state index contributed by atoms with van der Waals surface area (Å²) in [5.41, 5.74) is 0.685. The minimum atomic E-state index is -1.72. The van der Waals surface area contributed by atoms with Crippen molar-refractivity contribution in [1.82, 2.24) is 0 Å². The Kier molecular flexibility index (Phi) is 44.5. The van der Waals surface area contributed by atoms with Crippen molar-refractivity contribution in [3.05, 3.63) is 0 Å². The lowest BCUT2D eigenvalue weighted by Crippen LogP contribution is -1.74. The van der Waals surface area contributed by atoms with Crippen molar-refractivity contribution >= 4 is 58.8 Å². The molecule has 0 saturated carbocycles. The van der Waals surface area contributed by atoms with Crippen molar-refractivity contribution in [1.29, 1.82) is 0 Å². The van der Waals surface area contributed by atoms with E-state index in [9.17, 15) is 9.59 Å². The second-order valence-corrected chi connectivity index (χ2v) is 9.54. The molecule has 0 aliphatic heterocycles. The molecule has 0 bridgehead atoms. The summed E-state index contributed by atoms with van der Waals surface area (Å²) in [4.78, 5) is 18.9. The number of halogens is 3. The highest BCUT2D eigenvalue weighted by molar-refractivity contribution is 7.54. The van der Waals surface area contributed by atoms with Crippen LogP contribution in [0.3, 0.4) is 0 Å². The number of ketones is 2. The van der Waals surface area contributed by atoms with Gasteiger partial charge in [0, 0.05) is 0 Å². The quantitative estimate of drug-likeness (QED) is 0.309. The van der Waals surface area contributed by atoms with Crippen LogP contribution in [0.5, 0.6) is 0 Å². The summed E-state index contributed by atoms with van der Waals surface area (Å²) in [6.07, 6.45) is 0. The van der Waals surface area contributed by atoms with Crippen LogP contribution in [0.2, 0.25) is 0 Å².